The van der Waals surface area contributed by atoms with E-state index in [9.17, 15) is 4.79 Å². The van der Waals surface area contributed by atoms with Crippen molar-refractivity contribution in [1.82, 2.24) is 10.6 Å². The van der Waals surface area contributed by atoms with Gasteiger partial charge in [0, 0.05) is 9.35 Å². The van der Waals surface area contributed by atoms with Gasteiger partial charge < -0.3 is 10.6 Å². The minimum atomic E-state index is 0.0703. The number of amides is 1. The van der Waals surface area contributed by atoms with Gasteiger partial charge in [-0.15, -0.1) is 11.3 Å². The molecule has 1 aliphatic rings. The third kappa shape index (κ3) is 3.88. The lowest BCUT2D eigenvalue weighted by Gasteiger charge is -2.05. The van der Waals surface area contributed by atoms with Crippen molar-refractivity contribution in [2.75, 3.05) is 13.1 Å². The van der Waals surface area contributed by atoms with Gasteiger partial charge in [-0.1, -0.05) is 0 Å². The minimum absolute atomic E-state index is 0.0703. The van der Waals surface area contributed by atoms with Gasteiger partial charge in [-0.2, -0.15) is 0 Å². The summed E-state index contributed by atoms with van der Waals surface area (Å²) in [6, 6.07) is 2.00. The third-order valence-corrected chi connectivity index (χ3v) is 4.48. The molecule has 3 nitrogen and oxygen atoms in total. The van der Waals surface area contributed by atoms with E-state index in [0.717, 1.165) is 21.8 Å². The second-order valence-electron chi connectivity index (χ2n) is 4.04. The number of carbonyl (C=O) groups is 1. The first-order valence-electron chi connectivity index (χ1n) is 5.45. The van der Waals surface area contributed by atoms with Crippen molar-refractivity contribution in [2.45, 2.75) is 19.4 Å². The van der Waals surface area contributed by atoms with Crippen LogP contribution in [0.1, 0.15) is 17.7 Å². The summed E-state index contributed by atoms with van der Waals surface area (Å²) in [6.45, 7) is 2.03. The third-order valence-electron chi connectivity index (χ3n) is 2.55. The fourth-order valence-corrected chi connectivity index (χ4v) is 2.84. The first kappa shape index (κ1) is 12.1. The average molecular weight is 303 g/mol. The molecule has 0 aliphatic heterocycles. The summed E-state index contributed by atoms with van der Waals surface area (Å²) in [4.78, 5) is 12.6. The van der Waals surface area contributed by atoms with Gasteiger partial charge in [-0.3, -0.25) is 4.79 Å². The average Bonchev–Trinajstić information content (AvgIpc) is 2.99. The molecule has 2 N–H and O–H groups in total. The number of thiophene rings is 1. The van der Waals surface area contributed by atoms with Crippen molar-refractivity contribution < 1.29 is 4.79 Å². The van der Waals surface area contributed by atoms with Crippen molar-refractivity contribution in [3.05, 3.63) is 20.8 Å². The second kappa shape index (κ2) is 5.80. The topological polar surface area (TPSA) is 41.1 Å². The van der Waals surface area contributed by atoms with Gasteiger partial charge in [-0.05, 0) is 52.7 Å². The van der Waals surface area contributed by atoms with Gasteiger partial charge in [0.25, 0.3) is 0 Å². The van der Waals surface area contributed by atoms with Gasteiger partial charge in [0.15, 0.2) is 0 Å². The van der Waals surface area contributed by atoms with Crippen LogP contribution in [0.2, 0.25) is 0 Å². The van der Waals surface area contributed by atoms with E-state index in [1.54, 1.807) is 11.3 Å². The van der Waals surface area contributed by atoms with Crippen LogP contribution in [0.5, 0.6) is 0 Å². The highest BCUT2D eigenvalue weighted by Gasteiger charge is 2.20. The Hall–Kier alpha value is -0.390. The van der Waals surface area contributed by atoms with E-state index in [0.29, 0.717) is 13.1 Å². The van der Waals surface area contributed by atoms with Crippen LogP contribution in [-0.4, -0.2) is 19.0 Å². The summed E-state index contributed by atoms with van der Waals surface area (Å²) in [6.07, 6.45) is 2.63. The lowest BCUT2D eigenvalue weighted by atomic mass is 10.4. The zero-order valence-corrected chi connectivity index (χ0v) is 11.4. The van der Waals surface area contributed by atoms with Crippen LogP contribution in [0, 0.1) is 5.92 Å². The predicted octanol–water partition coefficient (Wildman–Crippen LogP) is 2.13. The molecule has 1 saturated carbocycles. The molecule has 0 spiro atoms. The van der Waals surface area contributed by atoms with E-state index in [1.165, 1.54) is 12.8 Å². The number of hydrogen-bond donors (Lipinski definition) is 2. The smallest absolute Gasteiger partial charge is 0.234 e. The molecule has 1 aromatic heterocycles. The first-order chi connectivity index (χ1) is 7.75. The van der Waals surface area contributed by atoms with Gasteiger partial charge in [-0.25, -0.2) is 0 Å². The van der Waals surface area contributed by atoms with Crippen LogP contribution in [-0.2, 0) is 11.3 Å². The fourth-order valence-electron chi connectivity index (χ4n) is 1.40. The number of hydrogen-bond acceptors (Lipinski definition) is 3. The quantitative estimate of drug-likeness (QED) is 0.845. The van der Waals surface area contributed by atoms with Gasteiger partial charge >= 0.3 is 0 Å². The van der Waals surface area contributed by atoms with Crippen molar-refractivity contribution in [3.8, 4) is 0 Å². The number of rotatable bonds is 6. The molecule has 0 aromatic carbocycles. The Morgan fingerprint density at radius 3 is 3.00 bits per heavy atom. The maximum atomic E-state index is 11.5. The molecule has 0 radical (unpaired) electrons. The molecule has 16 heavy (non-hydrogen) atoms. The standard InChI is InChI=1S/C11H15BrN2OS/c12-9-3-4-16-10(9)6-14-11(15)7-13-5-8-1-2-8/h3-4,8,13H,1-2,5-7H2,(H,14,15). The Balaban J connectivity index is 1.61. The Kier molecular flexibility index (Phi) is 4.37. The fraction of sp³-hybridized carbons (Fsp3) is 0.545. The molecule has 0 unspecified atom stereocenters. The molecular formula is C11H15BrN2OS. The summed E-state index contributed by atoms with van der Waals surface area (Å²) in [5, 5.41) is 8.08. The summed E-state index contributed by atoms with van der Waals surface area (Å²) in [5.74, 6) is 0.889. The lowest BCUT2D eigenvalue weighted by Crippen LogP contribution is -2.34. The highest BCUT2D eigenvalue weighted by atomic mass is 79.9. The molecule has 0 bridgehead atoms. The van der Waals surface area contributed by atoms with Crippen molar-refractivity contribution in [3.63, 3.8) is 0 Å². The lowest BCUT2D eigenvalue weighted by molar-refractivity contribution is -0.120. The molecule has 0 atom stereocenters. The second-order valence-corrected chi connectivity index (χ2v) is 5.90. The maximum Gasteiger partial charge on any atom is 0.234 e. The normalized spacial score (nSPS) is 15.1. The van der Waals surface area contributed by atoms with Gasteiger partial charge in [0.2, 0.25) is 5.91 Å². The SMILES string of the molecule is O=C(CNCC1CC1)NCc1sccc1Br. The van der Waals surface area contributed by atoms with Crippen LogP contribution in [0.4, 0.5) is 0 Å². The maximum absolute atomic E-state index is 11.5. The number of carbonyl (C=O) groups excluding carboxylic acids is 1. The predicted molar refractivity (Wildman–Crippen MR) is 69.5 cm³/mol. The Bertz CT molecular complexity index is 363. The van der Waals surface area contributed by atoms with Crippen molar-refractivity contribution in [2.24, 2.45) is 5.92 Å². The van der Waals surface area contributed by atoms with E-state index >= 15 is 0 Å². The van der Waals surface area contributed by atoms with Gasteiger partial charge in [0.1, 0.15) is 0 Å². The highest BCUT2D eigenvalue weighted by Crippen LogP contribution is 2.27. The molecule has 1 fully saturated rings. The Morgan fingerprint density at radius 2 is 2.38 bits per heavy atom. The summed E-state index contributed by atoms with van der Waals surface area (Å²) >= 11 is 5.09. The zero-order chi connectivity index (χ0) is 11.4. The monoisotopic (exact) mass is 302 g/mol. The first-order valence-corrected chi connectivity index (χ1v) is 7.12. The Morgan fingerprint density at radius 1 is 1.56 bits per heavy atom. The van der Waals surface area contributed by atoms with E-state index < -0.39 is 0 Å². The van der Waals surface area contributed by atoms with E-state index in [1.807, 2.05) is 11.4 Å². The zero-order valence-electron chi connectivity index (χ0n) is 8.96. The van der Waals surface area contributed by atoms with Gasteiger partial charge in [0.05, 0.1) is 13.1 Å². The van der Waals surface area contributed by atoms with Crippen LogP contribution >= 0.6 is 27.3 Å². The van der Waals surface area contributed by atoms with Crippen LogP contribution in [0.15, 0.2) is 15.9 Å². The van der Waals surface area contributed by atoms with E-state index in [-0.39, 0.29) is 5.91 Å². The molecule has 0 saturated heterocycles. The minimum Gasteiger partial charge on any atom is -0.350 e. The number of nitrogens with one attached hydrogen (secondary N) is 2. The van der Waals surface area contributed by atoms with E-state index in [2.05, 4.69) is 26.6 Å². The molecule has 5 heteroatoms. The summed E-state index contributed by atoms with van der Waals surface area (Å²) in [7, 11) is 0. The van der Waals surface area contributed by atoms with Crippen molar-refractivity contribution >= 4 is 33.2 Å². The van der Waals surface area contributed by atoms with Crippen LogP contribution < -0.4 is 10.6 Å². The molecular weight excluding hydrogens is 288 g/mol. The van der Waals surface area contributed by atoms with Crippen molar-refractivity contribution in [1.29, 1.82) is 0 Å². The molecule has 1 amide bonds. The van der Waals surface area contributed by atoms with E-state index in [4.69, 9.17) is 0 Å². The summed E-state index contributed by atoms with van der Waals surface area (Å²) in [5.41, 5.74) is 0. The number of halogens is 1. The highest BCUT2D eigenvalue weighted by molar-refractivity contribution is 9.10. The van der Waals surface area contributed by atoms with Crippen LogP contribution in [0.25, 0.3) is 0 Å². The molecule has 1 aromatic rings. The largest absolute Gasteiger partial charge is 0.350 e. The summed E-state index contributed by atoms with van der Waals surface area (Å²) < 4.78 is 1.07. The Labute approximate surface area is 108 Å². The molecule has 2 rings (SSSR count). The molecule has 88 valence electrons. The molecule has 1 heterocycles. The van der Waals surface area contributed by atoms with Crippen LogP contribution in [0.3, 0.4) is 0 Å². The molecule has 1 aliphatic carbocycles.